The molecule has 228 valence electrons. The number of ether oxygens (including phenoxy) is 4. The van der Waals surface area contributed by atoms with E-state index < -0.39 is 17.9 Å². The van der Waals surface area contributed by atoms with Gasteiger partial charge in [0.15, 0.2) is 17.3 Å². The maximum absolute atomic E-state index is 14.0. The summed E-state index contributed by atoms with van der Waals surface area (Å²) in [5, 5.41) is 3.40. The van der Waals surface area contributed by atoms with E-state index in [0.29, 0.717) is 54.0 Å². The molecule has 1 aliphatic carbocycles. The first-order valence-corrected chi connectivity index (χ1v) is 14.8. The quantitative estimate of drug-likeness (QED) is 0.220. The number of allylic oxidation sites excluding steroid dienone is 3. The highest BCUT2D eigenvalue weighted by Gasteiger charge is 2.41. The molecule has 0 saturated carbocycles. The first-order chi connectivity index (χ1) is 21.3. The molecular formula is C36H37NO7. The minimum atomic E-state index is -0.689. The number of hydrogen-bond donors (Lipinski definition) is 1. The molecule has 8 heteroatoms. The molecule has 0 spiro atoms. The van der Waals surface area contributed by atoms with Crippen molar-refractivity contribution >= 4 is 17.7 Å². The van der Waals surface area contributed by atoms with E-state index in [4.69, 9.17) is 18.9 Å². The number of nitrogens with one attached hydrogen (secondary N) is 1. The predicted octanol–water partition coefficient (Wildman–Crippen LogP) is 6.17. The number of methoxy groups -OCH3 is 1. The number of esters is 2. The molecule has 0 unspecified atom stereocenters. The van der Waals surface area contributed by atoms with Gasteiger partial charge >= 0.3 is 11.9 Å². The van der Waals surface area contributed by atoms with Crippen molar-refractivity contribution in [2.45, 2.75) is 51.9 Å². The summed E-state index contributed by atoms with van der Waals surface area (Å²) >= 11 is 0. The highest BCUT2D eigenvalue weighted by atomic mass is 16.6. The summed E-state index contributed by atoms with van der Waals surface area (Å²) in [7, 11) is 1.62. The van der Waals surface area contributed by atoms with Crippen LogP contribution in [0.3, 0.4) is 0 Å². The molecule has 0 radical (unpaired) electrons. The maximum atomic E-state index is 14.0. The zero-order valence-corrected chi connectivity index (χ0v) is 25.5. The molecule has 0 aromatic heterocycles. The summed E-state index contributed by atoms with van der Waals surface area (Å²) in [6.07, 6.45) is 1.46. The van der Waals surface area contributed by atoms with Crippen molar-refractivity contribution < 1.29 is 33.3 Å². The third-order valence-electron chi connectivity index (χ3n) is 7.96. The molecule has 44 heavy (non-hydrogen) atoms. The SMILES string of the molecule is CCOc1cc([C@@H]2C(C(=O)OCCc3ccccc3)=C(C)NC3=C2C(=O)C[C@H](c2ccc(OC)cc2)C3)ccc1OC(C)=O. The summed E-state index contributed by atoms with van der Waals surface area (Å²) < 4.78 is 22.3. The van der Waals surface area contributed by atoms with E-state index in [0.717, 1.165) is 22.6 Å². The lowest BCUT2D eigenvalue weighted by Crippen LogP contribution is -2.36. The lowest BCUT2D eigenvalue weighted by molar-refractivity contribution is -0.139. The summed E-state index contributed by atoms with van der Waals surface area (Å²) in [4.78, 5) is 39.5. The van der Waals surface area contributed by atoms with Crippen LogP contribution in [-0.2, 0) is 25.5 Å². The zero-order chi connectivity index (χ0) is 31.2. The third-order valence-corrected chi connectivity index (χ3v) is 7.96. The van der Waals surface area contributed by atoms with Gasteiger partial charge in [0, 0.05) is 42.7 Å². The van der Waals surface area contributed by atoms with Gasteiger partial charge < -0.3 is 24.3 Å². The Bertz CT molecular complexity index is 1610. The lowest BCUT2D eigenvalue weighted by atomic mass is 9.71. The summed E-state index contributed by atoms with van der Waals surface area (Å²) in [6.45, 7) is 5.52. The topological polar surface area (TPSA) is 100 Å². The average molecular weight is 596 g/mol. The van der Waals surface area contributed by atoms with Gasteiger partial charge in [0.2, 0.25) is 0 Å². The Morgan fingerprint density at radius 3 is 2.34 bits per heavy atom. The number of carbonyl (C=O) groups excluding carboxylic acids is 3. The monoisotopic (exact) mass is 595 g/mol. The third kappa shape index (κ3) is 6.70. The average Bonchev–Trinajstić information content (AvgIpc) is 3.01. The second-order valence-corrected chi connectivity index (χ2v) is 10.9. The normalized spacial score (nSPS) is 17.9. The van der Waals surface area contributed by atoms with Gasteiger partial charge in [-0.25, -0.2) is 4.79 Å². The Morgan fingerprint density at radius 2 is 1.66 bits per heavy atom. The van der Waals surface area contributed by atoms with Gasteiger partial charge in [-0.3, -0.25) is 9.59 Å². The van der Waals surface area contributed by atoms with E-state index in [-0.39, 0.29) is 24.1 Å². The molecule has 1 heterocycles. The molecule has 1 aliphatic heterocycles. The first kappa shape index (κ1) is 30.6. The minimum Gasteiger partial charge on any atom is -0.497 e. The Morgan fingerprint density at radius 1 is 0.932 bits per heavy atom. The van der Waals surface area contributed by atoms with Crippen LogP contribution in [-0.4, -0.2) is 38.0 Å². The molecule has 8 nitrogen and oxygen atoms in total. The van der Waals surface area contributed by atoms with Crippen molar-refractivity contribution in [3.63, 3.8) is 0 Å². The number of ketones is 1. The van der Waals surface area contributed by atoms with E-state index >= 15 is 0 Å². The van der Waals surface area contributed by atoms with Crippen LogP contribution in [0.2, 0.25) is 0 Å². The number of hydrogen-bond acceptors (Lipinski definition) is 8. The van der Waals surface area contributed by atoms with Crippen LogP contribution in [0, 0.1) is 0 Å². The van der Waals surface area contributed by atoms with E-state index in [1.807, 2.05) is 68.4 Å². The maximum Gasteiger partial charge on any atom is 0.336 e. The standard InChI is InChI=1S/C36H37NO7/c1-5-42-32-21-26(13-16-31(32)44-23(3)38)34-33(36(40)43-18-17-24-9-7-6-8-10-24)22(2)37-29-19-27(20-30(39)35(29)34)25-11-14-28(41-4)15-12-25/h6-16,21,27,34,37H,5,17-20H2,1-4H3/t27-,34-/m1/s1. The largest absolute Gasteiger partial charge is 0.497 e. The number of Topliss-reactive ketones (excluding diaryl/α,β-unsaturated/α-hetero) is 1. The van der Waals surface area contributed by atoms with Gasteiger partial charge in [0.05, 0.1) is 25.9 Å². The number of carbonyl (C=O) groups is 3. The Kier molecular flexibility index (Phi) is 9.48. The fourth-order valence-electron chi connectivity index (χ4n) is 5.95. The van der Waals surface area contributed by atoms with E-state index in [1.54, 1.807) is 25.3 Å². The summed E-state index contributed by atoms with van der Waals surface area (Å²) in [5.74, 6) is -0.353. The van der Waals surface area contributed by atoms with Crippen molar-refractivity contribution in [3.05, 3.63) is 112 Å². The van der Waals surface area contributed by atoms with E-state index in [1.165, 1.54) is 6.92 Å². The molecule has 0 saturated heterocycles. The van der Waals surface area contributed by atoms with E-state index in [9.17, 15) is 14.4 Å². The van der Waals surface area contributed by atoms with Gasteiger partial charge in [-0.15, -0.1) is 0 Å². The van der Waals surface area contributed by atoms with Gasteiger partial charge in [0.1, 0.15) is 5.75 Å². The van der Waals surface area contributed by atoms with Crippen molar-refractivity contribution in [3.8, 4) is 17.2 Å². The highest BCUT2D eigenvalue weighted by Crippen LogP contribution is 2.47. The molecule has 0 amide bonds. The first-order valence-electron chi connectivity index (χ1n) is 14.8. The van der Waals surface area contributed by atoms with Gasteiger partial charge in [-0.05, 0) is 67.1 Å². The second-order valence-electron chi connectivity index (χ2n) is 10.9. The van der Waals surface area contributed by atoms with Crippen LogP contribution in [0.15, 0.2) is 95.3 Å². The van der Waals surface area contributed by atoms with Crippen molar-refractivity contribution in [2.24, 2.45) is 0 Å². The summed E-state index contributed by atoms with van der Waals surface area (Å²) in [6, 6.07) is 22.7. The van der Waals surface area contributed by atoms with Crippen molar-refractivity contribution in [1.29, 1.82) is 0 Å². The molecule has 5 rings (SSSR count). The number of dihydropyridines is 1. The van der Waals surface area contributed by atoms with Crippen LogP contribution >= 0.6 is 0 Å². The van der Waals surface area contributed by atoms with Crippen LogP contribution in [0.5, 0.6) is 17.2 Å². The Balaban J connectivity index is 1.52. The van der Waals surface area contributed by atoms with Crippen molar-refractivity contribution in [1.82, 2.24) is 5.32 Å². The van der Waals surface area contributed by atoms with Crippen LogP contribution < -0.4 is 19.5 Å². The molecular weight excluding hydrogens is 558 g/mol. The van der Waals surface area contributed by atoms with Gasteiger partial charge in [-0.2, -0.15) is 0 Å². The molecule has 0 fully saturated rings. The zero-order valence-electron chi connectivity index (χ0n) is 25.5. The van der Waals surface area contributed by atoms with Crippen molar-refractivity contribution in [2.75, 3.05) is 20.3 Å². The van der Waals surface area contributed by atoms with Crippen LogP contribution in [0.4, 0.5) is 0 Å². The second kappa shape index (κ2) is 13.6. The fourth-order valence-corrected chi connectivity index (χ4v) is 5.95. The molecule has 1 N–H and O–H groups in total. The van der Waals surface area contributed by atoms with E-state index in [2.05, 4.69) is 5.32 Å². The number of benzene rings is 3. The molecule has 2 aliphatic rings. The predicted molar refractivity (Wildman–Crippen MR) is 166 cm³/mol. The number of rotatable bonds is 10. The Hall–Kier alpha value is -4.85. The lowest BCUT2D eigenvalue weighted by Gasteiger charge is -2.37. The molecule has 0 bridgehead atoms. The van der Waals surface area contributed by atoms with Gasteiger partial charge in [-0.1, -0.05) is 48.5 Å². The fraction of sp³-hybridized carbons (Fsp3) is 0.306. The molecule has 3 aromatic rings. The highest BCUT2D eigenvalue weighted by molar-refractivity contribution is 6.04. The smallest absolute Gasteiger partial charge is 0.336 e. The summed E-state index contributed by atoms with van der Waals surface area (Å²) in [5.41, 5.74) is 5.10. The molecule has 3 aromatic carbocycles. The van der Waals surface area contributed by atoms with Crippen LogP contribution in [0.1, 0.15) is 62.1 Å². The van der Waals surface area contributed by atoms with Gasteiger partial charge in [0.25, 0.3) is 0 Å². The van der Waals surface area contributed by atoms with Crippen LogP contribution in [0.25, 0.3) is 0 Å². The molecule has 2 atom stereocenters. The minimum absolute atomic E-state index is 0.0298. The Labute approximate surface area is 257 Å².